The molecule has 0 aliphatic rings. The summed E-state index contributed by atoms with van der Waals surface area (Å²) in [5, 5.41) is 0. The number of benzene rings is 3. The van der Waals surface area contributed by atoms with Crippen LogP contribution in [0.5, 0.6) is 5.75 Å². The number of methoxy groups -OCH3 is 1. The predicted octanol–water partition coefficient (Wildman–Crippen LogP) is 4.98. The van der Waals surface area contributed by atoms with Gasteiger partial charge in [-0.15, -0.1) is 0 Å². The van der Waals surface area contributed by atoms with Crippen molar-refractivity contribution in [2.75, 3.05) is 7.11 Å². The summed E-state index contributed by atoms with van der Waals surface area (Å²) in [6.45, 7) is 0.238. The Balaban J connectivity index is 1.86. The summed E-state index contributed by atoms with van der Waals surface area (Å²) >= 11 is 0. The fraction of sp³-hybridized carbons (Fsp3) is 0.0870. The van der Waals surface area contributed by atoms with Gasteiger partial charge in [0.05, 0.1) is 12.7 Å². The first-order chi connectivity index (χ1) is 12.8. The summed E-state index contributed by atoms with van der Waals surface area (Å²) in [6.07, 6.45) is 1.84. The fourth-order valence-electron chi connectivity index (χ4n) is 2.55. The smallest absolute Gasteiger partial charge is 0.339 e. The minimum Gasteiger partial charge on any atom is -0.497 e. The average Bonchev–Trinajstić information content (AvgIpc) is 2.72. The molecule has 3 heteroatoms. The fourth-order valence-corrected chi connectivity index (χ4v) is 2.55. The molecule has 0 saturated heterocycles. The molecule has 0 saturated carbocycles. The standard InChI is InChI=1S/C23H20O3/c1-25-21-14-12-20(13-15-21)22(16-18-8-4-2-5-9-18)23(24)26-17-19-10-6-3-7-11-19/h2-16H,17H2,1H3/b22-16+. The van der Waals surface area contributed by atoms with E-state index < -0.39 is 0 Å². The van der Waals surface area contributed by atoms with Crippen molar-refractivity contribution in [3.8, 4) is 5.75 Å². The predicted molar refractivity (Wildman–Crippen MR) is 104 cm³/mol. The van der Waals surface area contributed by atoms with Gasteiger partial charge in [-0.25, -0.2) is 4.79 Å². The molecule has 0 aliphatic carbocycles. The molecule has 3 rings (SSSR count). The molecular formula is C23H20O3. The van der Waals surface area contributed by atoms with E-state index in [9.17, 15) is 4.79 Å². The summed E-state index contributed by atoms with van der Waals surface area (Å²) in [7, 11) is 1.61. The van der Waals surface area contributed by atoms with E-state index in [1.165, 1.54) is 0 Å². The van der Waals surface area contributed by atoms with Crippen LogP contribution in [0.25, 0.3) is 11.6 Å². The highest BCUT2D eigenvalue weighted by molar-refractivity contribution is 6.21. The number of rotatable bonds is 6. The first-order valence-corrected chi connectivity index (χ1v) is 8.38. The Morgan fingerprint density at radius 1 is 0.846 bits per heavy atom. The van der Waals surface area contributed by atoms with Gasteiger partial charge in [0.25, 0.3) is 0 Å². The lowest BCUT2D eigenvalue weighted by molar-refractivity contribution is -0.137. The molecule has 0 aliphatic heterocycles. The molecule has 0 unspecified atom stereocenters. The van der Waals surface area contributed by atoms with E-state index in [0.717, 1.165) is 22.4 Å². The number of carbonyl (C=O) groups is 1. The Hall–Kier alpha value is -3.33. The topological polar surface area (TPSA) is 35.5 Å². The molecule has 0 radical (unpaired) electrons. The number of ether oxygens (including phenoxy) is 2. The second kappa shape index (κ2) is 8.67. The molecule has 3 aromatic rings. The van der Waals surface area contributed by atoms with Crippen LogP contribution in [0.2, 0.25) is 0 Å². The molecule has 26 heavy (non-hydrogen) atoms. The van der Waals surface area contributed by atoms with E-state index in [4.69, 9.17) is 9.47 Å². The van der Waals surface area contributed by atoms with Crippen molar-refractivity contribution in [3.05, 3.63) is 102 Å². The number of hydrogen-bond donors (Lipinski definition) is 0. The summed E-state index contributed by atoms with van der Waals surface area (Å²) in [5.74, 6) is 0.383. The van der Waals surface area contributed by atoms with Crippen molar-refractivity contribution in [1.82, 2.24) is 0 Å². The van der Waals surface area contributed by atoms with Gasteiger partial charge in [0.15, 0.2) is 0 Å². The van der Waals surface area contributed by atoms with Gasteiger partial charge in [0.2, 0.25) is 0 Å². The summed E-state index contributed by atoms with van der Waals surface area (Å²) in [4.78, 5) is 12.8. The van der Waals surface area contributed by atoms with Gasteiger partial charge in [-0.05, 0) is 34.9 Å². The van der Waals surface area contributed by atoms with Crippen LogP contribution in [-0.4, -0.2) is 13.1 Å². The lowest BCUT2D eigenvalue weighted by atomic mass is 10.0. The quantitative estimate of drug-likeness (QED) is 0.359. The molecular weight excluding hydrogens is 324 g/mol. The molecule has 0 aromatic heterocycles. The molecule has 0 heterocycles. The Morgan fingerprint density at radius 3 is 2.08 bits per heavy atom. The molecule has 3 aromatic carbocycles. The first kappa shape index (κ1) is 17.5. The normalized spacial score (nSPS) is 11.0. The Labute approximate surface area is 153 Å². The number of esters is 1. The number of carbonyl (C=O) groups excluding carboxylic acids is 1. The summed E-state index contributed by atoms with van der Waals surface area (Å²) in [6, 6.07) is 26.7. The molecule has 0 amide bonds. The number of hydrogen-bond acceptors (Lipinski definition) is 3. The van der Waals surface area contributed by atoms with Gasteiger partial charge in [0.1, 0.15) is 12.4 Å². The molecule has 0 N–H and O–H groups in total. The van der Waals surface area contributed by atoms with Gasteiger partial charge in [-0.2, -0.15) is 0 Å². The lowest BCUT2D eigenvalue weighted by Crippen LogP contribution is -2.07. The highest BCUT2D eigenvalue weighted by Gasteiger charge is 2.14. The Bertz CT molecular complexity index is 866. The van der Waals surface area contributed by atoms with Gasteiger partial charge in [0, 0.05) is 0 Å². The third-order valence-corrected chi connectivity index (χ3v) is 3.94. The SMILES string of the molecule is COc1ccc(/C(=C\c2ccccc2)C(=O)OCc2ccccc2)cc1. The van der Waals surface area contributed by atoms with Crippen LogP contribution >= 0.6 is 0 Å². The van der Waals surface area contributed by atoms with E-state index in [2.05, 4.69) is 0 Å². The minimum absolute atomic E-state index is 0.238. The maximum Gasteiger partial charge on any atom is 0.339 e. The van der Waals surface area contributed by atoms with E-state index in [1.807, 2.05) is 91.0 Å². The molecule has 3 nitrogen and oxygen atoms in total. The molecule has 0 fully saturated rings. The Morgan fingerprint density at radius 2 is 1.46 bits per heavy atom. The van der Waals surface area contributed by atoms with E-state index in [0.29, 0.717) is 5.57 Å². The van der Waals surface area contributed by atoms with Crippen LogP contribution in [0, 0.1) is 0 Å². The summed E-state index contributed by atoms with van der Waals surface area (Å²) in [5.41, 5.74) is 3.19. The minimum atomic E-state index is -0.358. The van der Waals surface area contributed by atoms with Crippen LogP contribution in [0.15, 0.2) is 84.9 Å². The highest BCUT2D eigenvalue weighted by atomic mass is 16.5. The lowest BCUT2D eigenvalue weighted by Gasteiger charge is -2.10. The first-order valence-electron chi connectivity index (χ1n) is 8.38. The van der Waals surface area contributed by atoms with Crippen LogP contribution < -0.4 is 4.74 Å². The molecule has 0 atom stereocenters. The summed E-state index contributed by atoms with van der Waals surface area (Å²) < 4.78 is 10.7. The second-order valence-electron chi connectivity index (χ2n) is 5.76. The average molecular weight is 344 g/mol. The van der Waals surface area contributed by atoms with Crippen LogP contribution in [0.4, 0.5) is 0 Å². The zero-order chi connectivity index (χ0) is 18.2. The van der Waals surface area contributed by atoms with E-state index >= 15 is 0 Å². The van der Waals surface area contributed by atoms with Crippen molar-refractivity contribution in [2.24, 2.45) is 0 Å². The third-order valence-electron chi connectivity index (χ3n) is 3.94. The van der Waals surface area contributed by atoms with Crippen LogP contribution in [0.1, 0.15) is 16.7 Å². The van der Waals surface area contributed by atoms with Crippen molar-refractivity contribution in [2.45, 2.75) is 6.61 Å². The maximum atomic E-state index is 12.8. The largest absolute Gasteiger partial charge is 0.497 e. The van der Waals surface area contributed by atoms with Crippen LogP contribution in [-0.2, 0) is 16.1 Å². The van der Waals surface area contributed by atoms with Gasteiger partial charge < -0.3 is 9.47 Å². The monoisotopic (exact) mass is 344 g/mol. The maximum absolute atomic E-state index is 12.8. The zero-order valence-electron chi connectivity index (χ0n) is 14.6. The molecule has 0 bridgehead atoms. The van der Waals surface area contributed by atoms with Crippen molar-refractivity contribution < 1.29 is 14.3 Å². The van der Waals surface area contributed by atoms with Crippen molar-refractivity contribution in [3.63, 3.8) is 0 Å². The third kappa shape index (κ3) is 4.61. The molecule has 130 valence electrons. The highest BCUT2D eigenvalue weighted by Crippen LogP contribution is 2.23. The molecule has 0 spiro atoms. The van der Waals surface area contributed by atoms with Gasteiger partial charge in [-0.3, -0.25) is 0 Å². The van der Waals surface area contributed by atoms with Gasteiger partial charge in [-0.1, -0.05) is 72.8 Å². The van der Waals surface area contributed by atoms with Gasteiger partial charge >= 0.3 is 5.97 Å². The van der Waals surface area contributed by atoms with Crippen LogP contribution in [0.3, 0.4) is 0 Å². The Kier molecular flexibility index (Phi) is 5.84. The van der Waals surface area contributed by atoms with Crippen molar-refractivity contribution >= 4 is 17.6 Å². The van der Waals surface area contributed by atoms with E-state index in [-0.39, 0.29) is 12.6 Å². The zero-order valence-corrected chi connectivity index (χ0v) is 14.6. The van der Waals surface area contributed by atoms with Crippen molar-refractivity contribution in [1.29, 1.82) is 0 Å². The van der Waals surface area contributed by atoms with E-state index in [1.54, 1.807) is 7.11 Å². The second-order valence-corrected chi connectivity index (χ2v) is 5.76.